The highest BCUT2D eigenvalue weighted by Gasteiger charge is 2.23. The summed E-state index contributed by atoms with van der Waals surface area (Å²) in [4.78, 5) is 14.8. The van der Waals surface area contributed by atoms with Gasteiger partial charge in [-0.15, -0.1) is 0 Å². The SMILES string of the molecule is CCOc1ccccc1C(=O)NCC1CCN(c2ccccc2)C1. The van der Waals surface area contributed by atoms with E-state index >= 15 is 0 Å². The first-order valence-corrected chi connectivity index (χ1v) is 8.58. The van der Waals surface area contributed by atoms with Crippen LogP contribution in [0.2, 0.25) is 0 Å². The van der Waals surface area contributed by atoms with E-state index in [2.05, 4.69) is 34.5 Å². The van der Waals surface area contributed by atoms with Crippen molar-refractivity contribution in [2.75, 3.05) is 31.1 Å². The minimum Gasteiger partial charge on any atom is -0.493 e. The van der Waals surface area contributed by atoms with Gasteiger partial charge in [0.25, 0.3) is 5.91 Å². The Morgan fingerprint density at radius 3 is 2.71 bits per heavy atom. The molecular formula is C20H24N2O2. The van der Waals surface area contributed by atoms with E-state index in [-0.39, 0.29) is 5.91 Å². The predicted octanol–water partition coefficient (Wildman–Crippen LogP) is 3.34. The molecule has 3 rings (SSSR count). The van der Waals surface area contributed by atoms with Gasteiger partial charge in [0.15, 0.2) is 0 Å². The number of benzene rings is 2. The third kappa shape index (κ3) is 3.88. The van der Waals surface area contributed by atoms with E-state index in [0.29, 0.717) is 30.4 Å². The number of anilines is 1. The largest absolute Gasteiger partial charge is 0.493 e. The predicted molar refractivity (Wildman–Crippen MR) is 96.7 cm³/mol. The van der Waals surface area contributed by atoms with Crippen LogP contribution >= 0.6 is 0 Å². The first-order chi connectivity index (χ1) is 11.8. The van der Waals surface area contributed by atoms with Crippen molar-refractivity contribution in [1.29, 1.82) is 0 Å². The molecule has 1 unspecified atom stereocenters. The molecule has 0 bridgehead atoms. The fraction of sp³-hybridized carbons (Fsp3) is 0.350. The molecular weight excluding hydrogens is 300 g/mol. The van der Waals surface area contributed by atoms with Crippen LogP contribution in [0.15, 0.2) is 54.6 Å². The van der Waals surface area contributed by atoms with E-state index in [1.54, 1.807) is 0 Å². The molecule has 4 heteroatoms. The van der Waals surface area contributed by atoms with Gasteiger partial charge in [0.2, 0.25) is 0 Å². The lowest BCUT2D eigenvalue weighted by molar-refractivity contribution is 0.0944. The Kier molecular flexibility index (Phi) is 5.36. The molecule has 2 aromatic rings. The lowest BCUT2D eigenvalue weighted by Gasteiger charge is -2.19. The molecule has 2 aromatic carbocycles. The van der Waals surface area contributed by atoms with Crippen molar-refractivity contribution in [3.05, 3.63) is 60.2 Å². The smallest absolute Gasteiger partial charge is 0.255 e. The number of amides is 1. The van der Waals surface area contributed by atoms with Crippen LogP contribution in [-0.2, 0) is 0 Å². The molecule has 1 aliphatic rings. The van der Waals surface area contributed by atoms with Crippen LogP contribution in [0.1, 0.15) is 23.7 Å². The van der Waals surface area contributed by atoms with Gasteiger partial charge < -0.3 is 15.0 Å². The zero-order chi connectivity index (χ0) is 16.8. The molecule has 1 fully saturated rings. The number of hydrogen-bond acceptors (Lipinski definition) is 3. The summed E-state index contributed by atoms with van der Waals surface area (Å²) in [6.45, 7) is 5.20. The number of carbonyl (C=O) groups excluding carboxylic acids is 1. The second-order valence-corrected chi connectivity index (χ2v) is 6.08. The van der Waals surface area contributed by atoms with Crippen LogP contribution in [0, 0.1) is 5.92 Å². The van der Waals surface area contributed by atoms with Gasteiger partial charge >= 0.3 is 0 Å². The van der Waals surface area contributed by atoms with Gasteiger partial charge in [-0.25, -0.2) is 0 Å². The van der Waals surface area contributed by atoms with Gasteiger partial charge in [-0.2, -0.15) is 0 Å². The topological polar surface area (TPSA) is 41.6 Å². The molecule has 1 N–H and O–H groups in total. The summed E-state index contributed by atoms with van der Waals surface area (Å²) in [5, 5.41) is 3.07. The number of nitrogens with one attached hydrogen (secondary N) is 1. The molecule has 0 radical (unpaired) electrons. The first-order valence-electron chi connectivity index (χ1n) is 8.58. The number of ether oxygens (including phenoxy) is 1. The fourth-order valence-electron chi connectivity index (χ4n) is 3.14. The van der Waals surface area contributed by atoms with E-state index in [0.717, 1.165) is 19.5 Å². The van der Waals surface area contributed by atoms with Crippen molar-refractivity contribution in [2.45, 2.75) is 13.3 Å². The monoisotopic (exact) mass is 324 g/mol. The van der Waals surface area contributed by atoms with Crippen molar-refractivity contribution in [1.82, 2.24) is 5.32 Å². The molecule has 0 aliphatic carbocycles. The number of carbonyl (C=O) groups is 1. The van der Waals surface area contributed by atoms with Gasteiger partial charge in [0.05, 0.1) is 12.2 Å². The minimum atomic E-state index is -0.0581. The zero-order valence-corrected chi connectivity index (χ0v) is 14.1. The third-order valence-electron chi connectivity index (χ3n) is 4.39. The van der Waals surface area contributed by atoms with Crippen molar-refractivity contribution < 1.29 is 9.53 Å². The van der Waals surface area contributed by atoms with Gasteiger partial charge in [0, 0.05) is 25.3 Å². The molecule has 1 atom stereocenters. The normalized spacial score (nSPS) is 16.9. The van der Waals surface area contributed by atoms with Gasteiger partial charge in [-0.05, 0) is 43.5 Å². The maximum atomic E-state index is 12.4. The molecule has 1 heterocycles. The number of hydrogen-bond donors (Lipinski definition) is 1. The summed E-state index contributed by atoms with van der Waals surface area (Å²) in [5.74, 6) is 1.07. The summed E-state index contributed by atoms with van der Waals surface area (Å²) in [5.41, 5.74) is 1.87. The Labute approximate surface area is 143 Å². The molecule has 126 valence electrons. The van der Waals surface area contributed by atoms with Gasteiger partial charge in [-0.3, -0.25) is 4.79 Å². The lowest BCUT2D eigenvalue weighted by Crippen LogP contribution is -2.31. The molecule has 1 aliphatic heterocycles. The van der Waals surface area contributed by atoms with E-state index < -0.39 is 0 Å². The van der Waals surface area contributed by atoms with Crippen LogP contribution in [0.5, 0.6) is 5.75 Å². The summed E-state index contributed by atoms with van der Waals surface area (Å²) in [6.07, 6.45) is 1.10. The van der Waals surface area contributed by atoms with E-state index in [1.165, 1.54) is 5.69 Å². The van der Waals surface area contributed by atoms with Crippen molar-refractivity contribution in [2.24, 2.45) is 5.92 Å². The molecule has 0 aromatic heterocycles. The zero-order valence-electron chi connectivity index (χ0n) is 14.1. The van der Waals surface area contributed by atoms with E-state index in [9.17, 15) is 4.79 Å². The molecule has 0 saturated carbocycles. The Balaban J connectivity index is 1.54. The maximum Gasteiger partial charge on any atom is 0.255 e. The van der Waals surface area contributed by atoms with Crippen LogP contribution in [0.25, 0.3) is 0 Å². The van der Waals surface area contributed by atoms with Crippen molar-refractivity contribution in [3.63, 3.8) is 0 Å². The van der Waals surface area contributed by atoms with Crippen LogP contribution in [0.4, 0.5) is 5.69 Å². The molecule has 4 nitrogen and oxygen atoms in total. The highest BCUT2D eigenvalue weighted by atomic mass is 16.5. The number of para-hydroxylation sites is 2. The Hall–Kier alpha value is -2.49. The second kappa shape index (κ2) is 7.86. The van der Waals surface area contributed by atoms with Gasteiger partial charge in [0.1, 0.15) is 5.75 Å². The summed E-state index contributed by atoms with van der Waals surface area (Å²) < 4.78 is 5.54. The average molecular weight is 324 g/mol. The Bertz CT molecular complexity index is 672. The summed E-state index contributed by atoms with van der Waals surface area (Å²) in [7, 11) is 0. The quantitative estimate of drug-likeness (QED) is 0.886. The van der Waals surface area contributed by atoms with Crippen molar-refractivity contribution >= 4 is 11.6 Å². The summed E-state index contributed by atoms with van der Waals surface area (Å²) in [6, 6.07) is 17.8. The minimum absolute atomic E-state index is 0.0581. The molecule has 24 heavy (non-hydrogen) atoms. The highest BCUT2D eigenvalue weighted by molar-refractivity contribution is 5.96. The van der Waals surface area contributed by atoms with Crippen LogP contribution < -0.4 is 15.0 Å². The Morgan fingerprint density at radius 1 is 1.17 bits per heavy atom. The first kappa shape index (κ1) is 16.4. The molecule has 1 saturated heterocycles. The van der Waals surface area contributed by atoms with Crippen LogP contribution in [-0.4, -0.2) is 32.1 Å². The fourth-order valence-corrected chi connectivity index (χ4v) is 3.14. The van der Waals surface area contributed by atoms with Gasteiger partial charge in [-0.1, -0.05) is 30.3 Å². The van der Waals surface area contributed by atoms with Crippen molar-refractivity contribution in [3.8, 4) is 5.75 Å². The molecule has 0 spiro atoms. The maximum absolute atomic E-state index is 12.4. The average Bonchev–Trinajstić information content (AvgIpc) is 3.10. The number of nitrogens with zero attached hydrogens (tertiary/aromatic N) is 1. The number of rotatable bonds is 6. The lowest BCUT2D eigenvalue weighted by atomic mass is 10.1. The van der Waals surface area contributed by atoms with E-state index in [4.69, 9.17) is 4.74 Å². The summed E-state index contributed by atoms with van der Waals surface area (Å²) >= 11 is 0. The van der Waals surface area contributed by atoms with Crippen LogP contribution in [0.3, 0.4) is 0 Å². The standard InChI is InChI=1S/C20H24N2O2/c1-2-24-19-11-7-6-10-18(19)20(23)21-14-16-12-13-22(15-16)17-8-4-3-5-9-17/h3-11,16H,2,12-15H2,1H3,(H,21,23). The second-order valence-electron chi connectivity index (χ2n) is 6.08. The van der Waals surface area contributed by atoms with E-state index in [1.807, 2.05) is 37.3 Å². The third-order valence-corrected chi connectivity index (χ3v) is 4.39. The Morgan fingerprint density at radius 2 is 1.92 bits per heavy atom. The molecule has 1 amide bonds. The highest BCUT2D eigenvalue weighted by Crippen LogP contribution is 2.23.